The lowest BCUT2D eigenvalue weighted by atomic mass is 10.2. The maximum absolute atomic E-state index is 11.6. The molecule has 0 saturated carbocycles. The van der Waals surface area contributed by atoms with Gasteiger partial charge in [-0.3, -0.25) is 9.48 Å². The number of carbonyl (C=O) groups excluding carboxylic acids is 1. The van der Waals surface area contributed by atoms with Gasteiger partial charge in [-0.2, -0.15) is 5.10 Å². The SMILES string of the molecule is COC(CN)CC(=O)Nc1cnn(C(C)C)c1. The first-order valence-electron chi connectivity index (χ1n) is 5.63. The number of aromatic nitrogens is 2. The Labute approximate surface area is 101 Å². The first-order chi connectivity index (χ1) is 8.06. The smallest absolute Gasteiger partial charge is 0.227 e. The summed E-state index contributed by atoms with van der Waals surface area (Å²) in [5.74, 6) is -0.120. The number of rotatable bonds is 6. The Kier molecular flexibility index (Phi) is 5.11. The summed E-state index contributed by atoms with van der Waals surface area (Å²) in [7, 11) is 1.54. The fraction of sp³-hybridized carbons (Fsp3) is 0.636. The summed E-state index contributed by atoms with van der Waals surface area (Å²) < 4.78 is 6.83. The monoisotopic (exact) mass is 240 g/mol. The first kappa shape index (κ1) is 13.7. The van der Waals surface area contributed by atoms with Gasteiger partial charge in [0.25, 0.3) is 0 Å². The quantitative estimate of drug-likeness (QED) is 0.769. The van der Waals surface area contributed by atoms with E-state index in [9.17, 15) is 4.79 Å². The number of nitrogens with one attached hydrogen (secondary N) is 1. The third kappa shape index (κ3) is 4.16. The van der Waals surface area contributed by atoms with Crippen molar-refractivity contribution in [2.24, 2.45) is 5.73 Å². The van der Waals surface area contributed by atoms with Crippen LogP contribution >= 0.6 is 0 Å². The zero-order chi connectivity index (χ0) is 12.8. The van der Waals surface area contributed by atoms with Crippen molar-refractivity contribution in [1.82, 2.24) is 9.78 Å². The fourth-order valence-corrected chi connectivity index (χ4v) is 1.37. The normalized spacial score (nSPS) is 12.8. The molecule has 0 fully saturated rings. The van der Waals surface area contributed by atoms with E-state index in [0.29, 0.717) is 12.2 Å². The molecule has 1 aromatic heterocycles. The Morgan fingerprint density at radius 1 is 1.65 bits per heavy atom. The Hall–Kier alpha value is -1.40. The van der Waals surface area contributed by atoms with Crippen molar-refractivity contribution >= 4 is 11.6 Å². The molecule has 0 aliphatic heterocycles. The van der Waals surface area contributed by atoms with Gasteiger partial charge >= 0.3 is 0 Å². The number of methoxy groups -OCH3 is 1. The lowest BCUT2D eigenvalue weighted by Gasteiger charge is -2.11. The van der Waals surface area contributed by atoms with Crippen molar-refractivity contribution < 1.29 is 9.53 Å². The van der Waals surface area contributed by atoms with E-state index in [1.807, 2.05) is 13.8 Å². The standard InChI is InChI=1S/C11H20N4O2/c1-8(2)15-7-9(6-13-15)14-11(16)4-10(5-12)17-3/h6-8,10H,4-5,12H2,1-3H3,(H,14,16). The molecule has 6 heteroatoms. The lowest BCUT2D eigenvalue weighted by Crippen LogP contribution is -2.28. The summed E-state index contributed by atoms with van der Waals surface area (Å²) in [6.07, 6.45) is 3.43. The molecule has 6 nitrogen and oxygen atoms in total. The second kappa shape index (κ2) is 6.36. The second-order valence-electron chi connectivity index (χ2n) is 4.15. The van der Waals surface area contributed by atoms with E-state index in [1.54, 1.807) is 24.2 Å². The molecule has 0 aromatic carbocycles. The summed E-state index contributed by atoms with van der Waals surface area (Å²) in [6, 6.07) is 0.274. The van der Waals surface area contributed by atoms with Gasteiger partial charge in [0.1, 0.15) is 0 Å². The van der Waals surface area contributed by atoms with Crippen molar-refractivity contribution in [3.05, 3.63) is 12.4 Å². The first-order valence-corrected chi connectivity index (χ1v) is 5.63. The highest BCUT2D eigenvalue weighted by Crippen LogP contribution is 2.10. The van der Waals surface area contributed by atoms with Crippen molar-refractivity contribution in [1.29, 1.82) is 0 Å². The summed E-state index contributed by atoms with van der Waals surface area (Å²) in [6.45, 7) is 4.37. The summed E-state index contributed by atoms with van der Waals surface area (Å²) in [5.41, 5.74) is 6.14. The Balaban J connectivity index is 2.50. The van der Waals surface area contributed by atoms with Gasteiger partial charge in [-0.15, -0.1) is 0 Å². The highest BCUT2D eigenvalue weighted by Gasteiger charge is 2.12. The molecular weight excluding hydrogens is 220 g/mol. The number of ether oxygens (including phenoxy) is 1. The molecule has 0 spiro atoms. The summed E-state index contributed by atoms with van der Waals surface area (Å²) in [4.78, 5) is 11.6. The summed E-state index contributed by atoms with van der Waals surface area (Å²) >= 11 is 0. The number of carbonyl (C=O) groups is 1. The molecule has 1 rings (SSSR count). The van der Waals surface area contributed by atoms with Crippen LogP contribution in [0, 0.1) is 0 Å². The minimum Gasteiger partial charge on any atom is -0.380 e. The van der Waals surface area contributed by atoms with Gasteiger partial charge in [-0.05, 0) is 13.8 Å². The lowest BCUT2D eigenvalue weighted by molar-refractivity contribution is -0.118. The average Bonchev–Trinajstić information content (AvgIpc) is 2.74. The van der Waals surface area contributed by atoms with Crippen LogP contribution in [0.3, 0.4) is 0 Å². The topological polar surface area (TPSA) is 82.2 Å². The van der Waals surface area contributed by atoms with Gasteiger partial charge < -0.3 is 15.8 Å². The molecule has 0 bridgehead atoms. The number of anilines is 1. The van der Waals surface area contributed by atoms with Crippen LogP contribution in [0.1, 0.15) is 26.3 Å². The Morgan fingerprint density at radius 2 is 2.35 bits per heavy atom. The fourth-order valence-electron chi connectivity index (χ4n) is 1.37. The second-order valence-corrected chi connectivity index (χ2v) is 4.15. The van der Waals surface area contributed by atoms with Crippen molar-refractivity contribution in [3.8, 4) is 0 Å². The molecular formula is C11H20N4O2. The third-order valence-corrected chi connectivity index (χ3v) is 2.42. The zero-order valence-corrected chi connectivity index (χ0v) is 10.5. The molecule has 0 aliphatic carbocycles. The predicted octanol–water partition coefficient (Wildman–Crippen LogP) is 0.766. The van der Waals surface area contributed by atoms with Crippen LogP contribution in [0.4, 0.5) is 5.69 Å². The Morgan fingerprint density at radius 3 is 2.82 bits per heavy atom. The predicted molar refractivity (Wildman–Crippen MR) is 65.7 cm³/mol. The third-order valence-electron chi connectivity index (χ3n) is 2.42. The van der Waals surface area contributed by atoms with E-state index in [2.05, 4.69) is 10.4 Å². The minimum absolute atomic E-state index is 0.120. The van der Waals surface area contributed by atoms with Crippen LogP contribution < -0.4 is 11.1 Å². The highest BCUT2D eigenvalue weighted by molar-refractivity contribution is 5.90. The van der Waals surface area contributed by atoms with Gasteiger partial charge in [0.2, 0.25) is 5.91 Å². The number of amides is 1. The van der Waals surface area contributed by atoms with E-state index in [-0.39, 0.29) is 24.5 Å². The van der Waals surface area contributed by atoms with E-state index >= 15 is 0 Å². The molecule has 96 valence electrons. The molecule has 17 heavy (non-hydrogen) atoms. The van der Waals surface area contributed by atoms with Crippen LogP contribution in [0.25, 0.3) is 0 Å². The molecule has 1 amide bonds. The van der Waals surface area contributed by atoms with E-state index < -0.39 is 0 Å². The van der Waals surface area contributed by atoms with Crippen molar-refractivity contribution in [2.75, 3.05) is 19.0 Å². The van der Waals surface area contributed by atoms with Crippen LogP contribution in [0.15, 0.2) is 12.4 Å². The highest BCUT2D eigenvalue weighted by atomic mass is 16.5. The maximum atomic E-state index is 11.6. The van der Waals surface area contributed by atoms with Crippen molar-refractivity contribution in [3.63, 3.8) is 0 Å². The number of nitrogens with two attached hydrogens (primary N) is 1. The van der Waals surface area contributed by atoms with Crippen LogP contribution in [-0.2, 0) is 9.53 Å². The molecule has 1 atom stereocenters. The molecule has 1 aromatic rings. The minimum atomic E-state index is -0.241. The maximum Gasteiger partial charge on any atom is 0.227 e. The van der Waals surface area contributed by atoms with Crippen LogP contribution in [-0.4, -0.2) is 35.4 Å². The summed E-state index contributed by atoms with van der Waals surface area (Å²) in [5, 5.41) is 6.89. The van der Waals surface area contributed by atoms with Gasteiger partial charge in [-0.25, -0.2) is 0 Å². The van der Waals surface area contributed by atoms with Crippen LogP contribution in [0.2, 0.25) is 0 Å². The molecule has 3 N–H and O–H groups in total. The number of hydrogen-bond acceptors (Lipinski definition) is 4. The number of nitrogens with zero attached hydrogens (tertiary/aromatic N) is 2. The van der Waals surface area contributed by atoms with Gasteiger partial charge in [-0.1, -0.05) is 0 Å². The molecule has 0 radical (unpaired) electrons. The largest absolute Gasteiger partial charge is 0.380 e. The zero-order valence-electron chi connectivity index (χ0n) is 10.5. The molecule has 0 saturated heterocycles. The van der Waals surface area contributed by atoms with E-state index in [0.717, 1.165) is 0 Å². The van der Waals surface area contributed by atoms with Gasteiger partial charge in [0, 0.05) is 25.9 Å². The van der Waals surface area contributed by atoms with Crippen LogP contribution in [0.5, 0.6) is 0 Å². The van der Waals surface area contributed by atoms with E-state index in [1.165, 1.54) is 0 Å². The van der Waals surface area contributed by atoms with Gasteiger partial charge in [0.15, 0.2) is 0 Å². The average molecular weight is 240 g/mol. The van der Waals surface area contributed by atoms with Gasteiger partial charge in [0.05, 0.1) is 24.4 Å². The molecule has 1 heterocycles. The number of hydrogen-bond donors (Lipinski definition) is 2. The van der Waals surface area contributed by atoms with Crippen molar-refractivity contribution in [2.45, 2.75) is 32.4 Å². The van der Waals surface area contributed by atoms with E-state index in [4.69, 9.17) is 10.5 Å². The molecule has 0 aliphatic rings. The molecule has 1 unspecified atom stereocenters. The Bertz CT molecular complexity index is 358.